The average Bonchev–Trinajstić information content (AvgIpc) is 2.04. The summed E-state index contributed by atoms with van der Waals surface area (Å²) in [5.41, 5.74) is 0.350. The van der Waals surface area contributed by atoms with Crippen molar-refractivity contribution in [1.29, 1.82) is 0 Å². The zero-order valence-electron chi connectivity index (χ0n) is 6.49. The fourth-order valence-electron chi connectivity index (χ4n) is 0.885. The molecule has 0 aromatic heterocycles. The molecular weight excluding hydrogens is 194 g/mol. The van der Waals surface area contributed by atoms with Crippen LogP contribution < -0.4 is 5.46 Å². The maximum atomic E-state index is 8.89. The van der Waals surface area contributed by atoms with Gasteiger partial charge in [0.1, 0.15) is 0 Å². The zero-order valence-corrected chi connectivity index (χ0v) is 8.06. The van der Waals surface area contributed by atoms with E-state index in [2.05, 4.69) is 0 Å². The first-order valence-electron chi connectivity index (χ1n) is 3.35. The predicted octanol–water partition coefficient (Wildman–Crippen LogP) is 0.742. The summed E-state index contributed by atoms with van der Waals surface area (Å²) in [5.74, 6) is 0. The Morgan fingerprint density at radius 1 is 1.42 bits per heavy atom. The van der Waals surface area contributed by atoms with Crippen LogP contribution in [0.25, 0.3) is 0 Å². The first-order chi connectivity index (χ1) is 5.66. The van der Waals surface area contributed by atoms with Crippen LogP contribution in [-0.2, 0) is 0 Å². The second kappa shape index (κ2) is 4.19. The molecule has 0 bridgehead atoms. The summed E-state index contributed by atoms with van der Waals surface area (Å²) >= 11 is 7.34. The smallest absolute Gasteiger partial charge is 0.423 e. The second-order valence-corrected chi connectivity index (χ2v) is 3.46. The van der Waals surface area contributed by atoms with Gasteiger partial charge >= 0.3 is 7.12 Å². The summed E-state index contributed by atoms with van der Waals surface area (Å²) in [6.07, 6.45) is 1.88. The van der Waals surface area contributed by atoms with Crippen molar-refractivity contribution in [2.24, 2.45) is 0 Å². The molecule has 2 nitrogen and oxygen atoms in total. The number of hydrogen-bond acceptors (Lipinski definition) is 3. The monoisotopic (exact) mass is 202 g/mol. The molecule has 0 saturated carbocycles. The van der Waals surface area contributed by atoms with Crippen LogP contribution in [0.2, 0.25) is 5.02 Å². The molecule has 0 aliphatic rings. The van der Waals surface area contributed by atoms with Crippen molar-refractivity contribution in [3.05, 3.63) is 23.2 Å². The predicted molar refractivity (Wildman–Crippen MR) is 53.1 cm³/mol. The lowest BCUT2D eigenvalue weighted by Crippen LogP contribution is -2.30. The topological polar surface area (TPSA) is 40.5 Å². The van der Waals surface area contributed by atoms with Gasteiger partial charge in [-0.1, -0.05) is 23.7 Å². The van der Waals surface area contributed by atoms with Crippen LogP contribution in [0.3, 0.4) is 0 Å². The minimum absolute atomic E-state index is 0.350. The van der Waals surface area contributed by atoms with Crippen molar-refractivity contribution in [1.82, 2.24) is 0 Å². The molecule has 0 amide bonds. The van der Waals surface area contributed by atoms with Crippen LogP contribution in [0, 0.1) is 0 Å². The second-order valence-electron chi connectivity index (χ2n) is 2.24. The quantitative estimate of drug-likeness (QED) is 0.549. The largest absolute Gasteiger partial charge is 0.489 e. The molecule has 64 valence electrons. The number of thioether (sulfide) groups is 1. The highest BCUT2D eigenvalue weighted by Crippen LogP contribution is 2.22. The lowest BCUT2D eigenvalue weighted by atomic mass is 9.80. The molecular formula is C7H8BClO2S. The van der Waals surface area contributed by atoms with E-state index < -0.39 is 7.12 Å². The highest BCUT2D eigenvalue weighted by Gasteiger charge is 2.16. The molecule has 0 unspecified atom stereocenters. The van der Waals surface area contributed by atoms with Gasteiger partial charge in [-0.3, -0.25) is 0 Å². The summed E-state index contributed by atoms with van der Waals surface area (Å²) in [5, 5.41) is 18.2. The van der Waals surface area contributed by atoms with Crippen molar-refractivity contribution >= 4 is 35.9 Å². The molecule has 0 radical (unpaired) electrons. The highest BCUT2D eigenvalue weighted by atomic mass is 35.5. The van der Waals surface area contributed by atoms with Crippen LogP contribution in [0.15, 0.2) is 23.1 Å². The zero-order chi connectivity index (χ0) is 9.14. The van der Waals surface area contributed by atoms with Gasteiger partial charge in [0.25, 0.3) is 0 Å². The van der Waals surface area contributed by atoms with Gasteiger partial charge in [0, 0.05) is 10.4 Å². The Bertz CT molecular complexity index is 280. The van der Waals surface area contributed by atoms with Crippen molar-refractivity contribution in [2.45, 2.75) is 4.90 Å². The third kappa shape index (κ3) is 1.96. The fraction of sp³-hybridized carbons (Fsp3) is 0.143. The Kier molecular flexibility index (Phi) is 3.46. The first-order valence-corrected chi connectivity index (χ1v) is 4.95. The Labute approximate surface area is 80.7 Å². The van der Waals surface area contributed by atoms with Gasteiger partial charge in [0.05, 0.1) is 5.02 Å². The van der Waals surface area contributed by atoms with E-state index in [0.717, 1.165) is 4.90 Å². The molecule has 0 fully saturated rings. The molecule has 0 aliphatic carbocycles. The summed E-state index contributed by atoms with van der Waals surface area (Å²) < 4.78 is 0. The van der Waals surface area contributed by atoms with Gasteiger partial charge < -0.3 is 10.0 Å². The van der Waals surface area contributed by atoms with Crippen LogP contribution in [0.1, 0.15) is 0 Å². The number of halogens is 1. The van der Waals surface area contributed by atoms with Crippen LogP contribution in [-0.4, -0.2) is 23.4 Å². The van der Waals surface area contributed by atoms with E-state index in [0.29, 0.717) is 10.5 Å². The molecule has 2 N–H and O–H groups in total. The van der Waals surface area contributed by atoms with Crippen molar-refractivity contribution in [3.8, 4) is 0 Å². The van der Waals surface area contributed by atoms with Crippen molar-refractivity contribution < 1.29 is 10.0 Å². The molecule has 0 atom stereocenters. The van der Waals surface area contributed by atoms with E-state index in [1.165, 1.54) is 11.8 Å². The van der Waals surface area contributed by atoms with Gasteiger partial charge in [-0.25, -0.2) is 0 Å². The Hall–Kier alpha value is -0.155. The van der Waals surface area contributed by atoms with Gasteiger partial charge in [-0.2, -0.15) is 0 Å². The summed E-state index contributed by atoms with van der Waals surface area (Å²) in [6, 6.07) is 5.16. The van der Waals surface area contributed by atoms with E-state index in [-0.39, 0.29) is 0 Å². The van der Waals surface area contributed by atoms with E-state index in [9.17, 15) is 0 Å². The Balaban J connectivity index is 3.14. The molecule has 1 aromatic rings. The molecule has 0 aliphatic heterocycles. The third-order valence-electron chi connectivity index (χ3n) is 1.49. The molecule has 5 heteroatoms. The molecule has 0 spiro atoms. The third-order valence-corrected chi connectivity index (χ3v) is 2.81. The van der Waals surface area contributed by atoms with Crippen LogP contribution >= 0.6 is 23.4 Å². The minimum Gasteiger partial charge on any atom is -0.423 e. The number of rotatable bonds is 2. The van der Waals surface area contributed by atoms with E-state index >= 15 is 0 Å². The molecule has 12 heavy (non-hydrogen) atoms. The van der Waals surface area contributed by atoms with Gasteiger partial charge in [-0.15, -0.1) is 11.8 Å². The SMILES string of the molecule is CSc1cccc(B(O)O)c1Cl. The summed E-state index contributed by atoms with van der Waals surface area (Å²) in [7, 11) is -1.50. The summed E-state index contributed by atoms with van der Waals surface area (Å²) in [4.78, 5) is 0.849. The van der Waals surface area contributed by atoms with Crippen molar-refractivity contribution in [2.75, 3.05) is 6.26 Å². The molecule has 1 rings (SSSR count). The highest BCUT2D eigenvalue weighted by molar-refractivity contribution is 7.98. The standard InChI is InChI=1S/C7H8BClO2S/c1-12-6-4-2-3-5(7(6)9)8(10)11/h2-4,10-11H,1H3. The lowest BCUT2D eigenvalue weighted by Gasteiger charge is -2.05. The normalized spacial score (nSPS) is 10.0. The van der Waals surface area contributed by atoms with Gasteiger partial charge in [0.15, 0.2) is 0 Å². The van der Waals surface area contributed by atoms with Gasteiger partial charge in [0.2, 0.25) is 0 Å². The number of hydrogen-bond donors (Lipinski definition) is 2. The van der Waals surface area contributed by atoms with Crippen molar-refractivity contribution in [3.63, 3.8) is 0 Å². The first kappa shape index (κ1) is 9.93. The lowest BCUT2D eigenvalue weighted by molar-refractivity contribution is 0.425. The van der Waals surface area contributed by atoms with Gasteiger partial charge in [-0.05, 0) is 12.3 Å². The Morgan fingerprint density at radius 2 is 2.08 bits per heavy atom. The van der Waals surface area contributed by atoms with E-state index in [1.54, 1.807) is 12.1 Å². The van der Waals surface area contributed by atoms with E-state index in [4.69, 9.17) is 21.6 Å². The number of benzene rings is 1. The molecule has 1 aromatic carbocycles. The summed E-state index contributed by atoms with van der Waals surface area (Å²) in [6.45, 7) is 0. The average molecular weight is 202 g/mol. The van der Waals surface area contributed by atoms with Crippen LogP contribution in [0.4, 0.5) is 0 Å². The fourth-order valence-corrected chi connectivity index (χ4v) is 1.85. The van der Waals surface area contributed by atoms with Crippen LogP contribution in [0.5, 0.6) is 0 Å². The maximum Gasteiger partial charge on any atom is 0.489 e. The minimum atomic E-state index is -1.50. The molecule has 0 saturated heterocycles. The maximum absolute atomic E-state index is 8.89. The molecule has 0 heterocycles. The van der Waals surface area contributed by atoms with E-state index in [1.807, 2.05) is 12.3 Å². The Morgan fingerprint density at radius 3 is 2.58 bits per heavy atom.